The van der Waals surface area contributed by atoms with Crippen LogP contribution < -0.4 is 0 Å². The van der Waals surface area contributed by atoms with Crippen molar-refractivity contribution in [2.24, 2.45) is 7.05 Å². The first-order valence-corrected chi connectivity index (χ1v) is 3.86. The maximum Gasteiger partial charge on any atom is 0.339 e. The lowest BCUT2D eigenvalue weighted by Crippen LogP contribution is -2.04. The highest BCUT2D eigenvalue weighted by Gasteiger charge is 2.19. The molecule has 0 radical (unpaired) electrons. The van der Waals surface area contributed by atoms with Crippen LogP contribution >= 0.6 is 0 Å². The highest BCUT2D eigenvalue weighted by atomic mass is 16.4. The lowest BCUT2D eigenvalue weighted by molar-refractivity contribution is 0.0692. The summed E-state index contributed by atoms with van der Waals surface area (Å²) in [6.45, 7) is 1.79. The zero-order chi connectivity index (χ0) is 10.0. The first-order valence-electron chi connectivity index (χ1n) is 3.86. The molecule has 0 unspecified atom stereocenters. The summed E-state index contributed by atoms with van der Waals surface area (Å²) in [6, 6.07) is 0. The molecule has 0 aromatic carbocycles. The maximum absolute atomic E-state index is 10.8. The van der Waals surface area contributed by atoms with Gasteiger partial charge in [0.2, 0.25) is 0 Å². The second-order valence-electron chi connectivity index (χ2n) is 2.61. The summed E-state index contributed by atoms with van der Waals surface area (Å²) in [5.74, 6) is -1.10. The second-order valence-corrected chi connectivity index (χ2v) is 2.61. The van der Waals surface area contributed by atoms with Gasteiger partial charge in [0.15, 0.2) is 6.29 Å². The fraction of sp³-hybridized carbons (Fsp3) is 0.375. The number of carbonyl (C=O) groups is 2. The van der Waals surface area contributed by atoms with Crippen molar-refractivity contribution in [2.75, 3.05) is 0 Å². The number of carboxylic acids is 1. The molecule has 5 heteroatoms. The van der Waals surface area contributed by atoms with Crippen LogP contribution in [0.3, 0.4) is 0 Å². The Labute approximate surface area is 75.0 Å². The van der Waals surface area contributed by atoms with Crippen molar-refractivity contribution in [2.45, 2.75) is 13.3 Å². The van der Waals surface area contributed by atoms with Crippen molar-refractivity contribution in [3.05, 3.63) is 17.0 Å². The van der Waals surface area contributed by atoms with E-state index in [2.05, 4.69) is 5.10 Å². The van der Waals surface area contributed by atoms with Crippen LogP contribution in [0.4, 0.5) is 0 Å². The molecule has 1 aromatic heterocycles. The van der Waals surface area contributed by atoms with Crippen molar-refractivity contribution >= 4 is 12.3 Å². The van der Waals surface area contributed by atoms with Gasteiger partial charge in [0, 0.05) is 7.05 Å². The monoisotopic (exact) mass is 182 g/mol. The molecule has 0 amide bonds. The molecular weight excluding hydrogens is 172 g/mol. The Morgan fingerprint density at radius 3 is 2.69 bits per heavy atom. The Morgan fingerprint density at radius 2 is 2.31 bits per heavy atom. The summed E-state index contributed by atoms with van der Waals surface area (Å²) < 4.78 is 1.29. The summed E-state index contributed by atoms with van der Waals surface area (Å²) in [7, 11) is 1.55. The molecule has 0 bridgehead atoms. The van der Waals surface area contributed by atoms with E-state index in [1.54, 1.807) is 14.0 Å². The number of aldehydes is 1. The highest BCUT2D eigenvalue weighted by molar-refractivity contribution is 5.97. The van der Waals surface area contributed by atoms with Gasteiger partial charge >= 0.3 is 5.97 Å². The normalized spacial score (nSPS) is 10.0. The summed E-state index contributed by atoms with van der Waals surface area (Å²) >= 11 is 0. The Bertz CT molecular complexity index is 355. The third-order valence-corrected chi connectivity index (χ3v) is 1.82. The standard InChI is InChI=1S/C8H10N2O3/c1-3-5-7(8(12)13)6(4-11)10(2)9-5/h4H,3H2,1-2H3,(H,12,13). The molecule has 1 heterocycles. The van der Waals surface area contributed by atoms with E-state index in [0.29, 0.717) is 18.4 Å². The molecule has 0 aliphatic heterocycles. The van der Waals surface area contributed by atoms with Crippen molar-refractivity contribution in [1.82, 2.24) is 9.78 Å². The van der Waals surface area contributed by atoms with Gasteiger partial charge in [-0.1, -0.05) is 6.92 Å². The van der Waals surface area contributed by atoms with Crippen molar-refractivity contribution < 1.29 is 14.7 Å². The molecule has 0 fully saturated rings. The van der Waals surface area contributed by atoms with Gasteiger partial charge in [-0.05, 0) is 6.42 Å². The van der Waals surface area contributed by atoms with Crippen LogP contribution in [-0.4, -0.2) is 27.1 Å². The first-order chi connectivity index (χ1) is 6.11. The predicted molar refractivity (Wildman–Crippen MR) is 44.9 cm³/mol. The number of aromatic carboxylic acids is 1. The van der Waals surface area contributed by atoms with Crippen LogP contribution in [0.2, 0.25) is 0 Å². The maximum atomic E-state index is 10.8. The molecule has 1 N–H and O–H groups in total. The van der Waals surface area contributed by atoms with Crippen molar-refractivity contribution in [3.8, 4) is 0 Å². The number of aryl methyl sites for hydroxylation is 2. The van der Waals surface area contributed by atoms with Gasteiger partial charge in [-0.15, -0.1) is 0 Å². The minimum atomic E-state index is -1.10. The zero-order valence-electron chi connectivity index (χ0n) is 7.44. The number of carboxylic acid groups (broad SMARTS) is 1. The van der Waals surface area contributed by atoms with Gasteiger partial charge < -0.3 is 5.11 Å². The van der Waals surface area contributed by atoms with Crippen LogP contribution in [-0.2, 0) is 13.5 Å². The van der Waals surface area contributed by atoms with E-state index in [-0.39, 0.29) is 11.3 Å². The predicted octanol–water partition coefficient (Wildman–Crippen LogP) is 0.493. The van der Waals surface area contributed by atoms with Gasteiger partial charge in [-0.25, -0.2) is 4.79 Å². The van der Waals surface area contributed by atoms with Crippen molar-refractivity contribution in [1.29, 1.82) is 0 Å². The van der Waals surface area contributed by atoms with Crippen LogP contribution in [0.25, 0.3) is 0 Å². The molecule has 0 saturated heterocycles. The largest absolute Gasteiger partial charge is 0.478 e. The molecule has 0 spiro atoms. The van der Waals surface area contributed by atoms with E-state index < -0.39 is 5.97 Å². The third kappa shape index (κ3) is 1.44. The molecule has 0 saturated carbocycles. The van der Waals surface area contributed by atoms with Gasteiger partial charge in [0.25, 0.3) is 0 Å². The molecule has 0 atom stereocenters. The topological polar surface area (TPSA) is 72.2 Å². The fourth-order valence-corrected chi connectivity index (χ4v) is 1.21. The van der Waals surface area contributed by atoms with E-state index in [0.717, 1.165) is 0 Å². The number of nitrogens with zero attached hydrogens (tertiary/aromatic N) is 2. The van der Waals surface area contributed by atoms with Crippen molar-refractivity contribution in [3.63, 3.8) is 0 Å². The molecule has 13 heavy (non-hydrogen) atoms. The summed E-state index contributed by atoms with van der Waals surface area (Å²) in [4.78, 5) is 21.3. The van der Waals surface area contributed by atoms with Crippen LogP contribution in [0, 0.1) is 0 Å². The van der Waals surface area contributed by atoms with Gasteiger partial charge in [-0.2, -0.15) is 5.10 Å². The molecule has 0 aliphatic rings. The Kier molecular flexibility index (Phi) is 2.46. The molecular formula is C8H10N2O3. The number of rotatable bonds is 3. The first kappa shape index (κ1) is 9.44. The van der Waals surface area contributed by atoms with E-state index in [4.69, 9.17) is 5.11 Å². The smallest absolute Gasteiger partial charge is 0.339 e. The van der Waals surface area contributed by atoms with E-state index in [1.807, 2.05) is 0 Å². The summed E-state index contributed by atoms with van der Waals surface area (Å²) in [5.41, 5.74) is 0.571. The number of hydrogen-bond donors (Lipinski definition) is 1. The lowest BCUT2D eigenvalue weighted by Gasteiger charge is -1.93. The molecule has 1 aromatic rings. The Balaban J connectivity index is 3.40. The van der Waals surface area contributed by atoms with Crippen LogP contribution in [0.1, 0.15) is 33.5 Å². The fourth-order valence-electron chi connectivity index (χ4n) is 1.21. The van der Waals surface area contributed by atoms with Crippen LogP contribution in [0.5, 0.6) is 0 Å². The quantitative estimate of drug-likeness (QED) is 0.690. The SMILES string of the molecule is CCc1nn(C)c(C=O)c1C(=O)O. The second kappa shape index (κ2) is 3.38. The minimum Gasteiger partial charge on any atom is -0.478 e. The van der Waals surface area contributed by atoms with E-state index in [1.165, 1.54) is 4.68 Å². The van der Waals surface area contributed by atoms with Gasteiger partial charge in [-0.3, -0.25) is 9.48 Å². The molecule has 0 aliphatic carbocycles. The van der Waals surface area contributed by atoms with Gasteiger partial charge in [0.05, 0.1) is 5.69 Å². The Hall–Kier alpha value is -1.65. The average molecular weight is 182 g/mol. The number of hydrogen-bond acceptors (Lipinski definition) is 3. The molecule has 5 nitrogen and oxygen atoms in total. The average Bonchev–Trinajstić information content (AvgIpc) is 2.41. The van der Waals surface area contributed by atoms with E-state index >= 15 is 0 Å². The Morgan fingerprint density at radius 1 is 1.69 bits per heavy atom. The van der Waals surface area contributed by atoms with E-state index in [9.17, 15) is 9.59 Å². The summed E-state index contributed by atoms with van der Waals surface area (Å²) in [6.07, 6.45) is 1.01. The molecule has 70 valence electrons. The van der Waals surface area contributed by atoms with Gasteiger partial charge in [0.1, 0.15) is 11.3 Å². The number of aromatic nitrogens is 2. The summed E-state index contributed by atoms with van der Waals surface area (Å²) in [5, 5.41) is 12.7. The number of carbonyl (C=O) groups excluding carboxylic acids is 1. The third-order valence-electron chi connectivity index (χ3n) is 1.82. The lowest BCUT2D eigenvalue weighted by atomic mass is 10.1. The highest BCUT2D eigenvalue weighted by Crippen LogP contribution is 2.12. The molecule has 1 rings (SSSR count). The minimum absolute atomic E-state index is 0.0139. The zero-order valence-corrected chi connectivity index (χ0v) is 7.44. The van der Waals surface area contributed by atoms with Crippen LogP contribution in [0.15, 0.2) is 0 Å².